The Bertz CT molecular complexity index is 1550. The molecule has 3 N–H and O–H groups in total. The molecule has 4 heteroatoms. The predicted molar refractivity (Wildman–Crippen MR) is 171 cm³/mol. The second kappa shape index (κ2) is 10.9. The van der Waals surface area contributed by atoms with Gasteiger partial charge in [-0.25, -0.2) is 0 Å². The molecule has 2 aliphatic rings. The largest absolute Gasteiger partial charge is 0.388 e. The molecule has 0 aliphatic carbocycles. The maximum Gasteiger partial charge on any atom is 0.103 e. The third-order valence-corrected chi connectivity index (χ3v) is 8.97. The van der Waals surface area contributed by atoms with Crippen molar-refractivity contribution in [1.29, 1.82) is 0 Å². The van der Waals surface area contributed by atoms with Crippen molar-refractivity contribution in [2.45, 2.75) is 65.6 Å². The van der Waals surface area contributed by atoms with Crippen LogP contribution in [0.2, 0.25) is 0 Å². The molecule has 0 aromatic heterocycles. The Labute approximate surface area is 239 Å². The van der Waals surface area contributed by atoms with Crippen molar-refractivity contribution in [3.8, 4) is 0 Å². The molecule has 206 valence electrons. The lowest BCUT2D eigenvalue weighted by Gasteiger charge is -2.35. The van der Waals surface area contributed by atoms with Crippen LogP contribution < -0.4 is 20.9 Å². The third-order valence-electron chi connectivity index (χ3n) is 8.97. The molecule has 4 aromatic rings. The van der Waals surface area contributed by atoms with Gasteiger partial charge >= 0.3 is 0 Å². The van der Waals surface area contributed by atoms with E-state index in [9.17, 15) is 0 Å². The van der Waals surface area contributed by atoms with Crippen LogP contribution in [0.1, 0.15) is 50.1 Å². The summed E-state index contributed by atoms with van der Waals surface area (Å²) in [6.45, 7) is 7.66. The molecular weight excluding hydrogens is 488 g/mol. The number of anilines is 4. The number of para-hydroxylation sites is 1. The van der Waals surface area contributed by atoms with Crippen molar-refractivity contribution in [2.24, 2.45) is 0 Å². The Hall–Kier alpha value is -3.92. The van der Waals surface area contributed by atoms with Crippen molar-refractivity contribution < 1.29 is 0 Å². The number of nitrogens with zero attached hydrogens (tertiary/aromatic N) is 1. The highest BCUT2D eigenvalue weighted by molar-refractivity contribution is 5.68. The van der Waals surface area contributed by atoms with Crippen LogP contribution in [0, 0.1) is 20.8 Å². The van der Waals surface area contributed by atoms with E-state index in [1.165, 1.54) is 72.8 Å². The first-order chi connectivity index (χ1) is 19.4. The molecule has 4 aromatic carbocycles. The van der Waals surface area contributed by atoms with Crippen LogP contribution in [0.15, 0.2) is 66.7 Å². The summed E-state index contributed by atoms with van der Waals surface area (Å²) >= 11 is 0. The van der Waals surface area contributed by atoms with Gasteiger partial charge in [0.25, 0.3) is 0 Å². The van der Waals surface area contributed by atoms with Crippen molar-refractivity contribution in [3.63, 3.8) is 0 Å². The maximum absolute atomic E-state index is 3.86. The third kappa shape index (κ3) is 5.15. The fourth-order valence-electron chi connectivity index (χ4n) is 6.67. The lowest BCUT2D eigenvalue weighted by Crippen LogP contribution is -2.41. The van der Waals surface area contributed by atoms with Gasteiger partial charge in [-0.3, -0.25) is 0 Å². The van der Waals surface area contributed by atoms with Crippen LogP contribution >= 0.6 is 0 Å². The summed E-state index contributed by atoms with van der Waals surface area (Å²) in [7, 11) is 4.03. The first kappa shape index (κ1) is 26.3. The summed E-state index contributed by atoms with van der Waals surface area (Å²) in [6, 6.07) is 25.4. The smallest absolute Gasteiger partial charge is 0.103 e. The molecule has 1 unspecified atom stereocenters. The van der Waals surface area contributed by atoms with E-state index >= 15 is 0 Å². The van der Waals surface area contributed by atoms with Gasteiger partial charge in [0.15, 0.2) is 0 Å². The summed E-state index contributed by atoms with van der Waals surface area (Å²) in [6.07, 6.45) is 5.59. The summed E-state index contributed by atoms with van der Waals surface area (Å²) in [5.41, 5.74) is 17.7. The van der Waals surface area contributed by atoms with E-state index < -0.39 is 0 Å². The lowest BCUT2D eigenvalue weighted by atomic mass is 9.94. The van der Waals surface area contributed by atoms with Crippen molar-refractivity contribution in [3.05, 3.63) is 117 Å². The normalized spacial score (nSPS) is 15.2. The highest BCUT2D eigenvalue weighted by Gasteiger charge is 2.33. The average Bonchev–Trinajstić information content (AvgIpc) is 3.31. The zero-order chi connectivity index (χ0) is 27.8. The van der Waals surface area contributed by atoms with E-state index in [2.05, 4.69) is 108 Å². The van der Waals surface area contributed by atoms with E-state index in [1.807, 2.05) is 14.1 Å². The molecule has 0 saturated heterocycles. The average molecular weight is 531 g/mol. The van der Waals surface area contributed by atoms with E-state index in [-0.39, 0.29) is 0 Å². The topological polar surface area (TPSA) is 39.3 Å². The Kier molecular flexibility index (Phi) is 7.18. The molecule has 6 rings (SSSR count). The minimum atomic E-state index is 0.358. The Morgan fingerprint density at radius 1 is 0.725 bits per heavy atom. The standard InChI is InChI=1S/C36H42N4/c1-23-14-25(3)33(38-5)19-28(23)12-10-26-16-27(18-32(17-26)37-4)11-13-29-20-34-31(15-24(29)2)22-40-35-9-7-6-8-30(35)21-36(40)39-34/h6-9,14-20,36-39H,10-13,21-22H2,1-5H3. The molecule has 0 spiro atoms. The van der Waals surface area contributed by atoms with Gasteiger partial charge in [-0.1, -0.05) is 36.4 Å². The predicted octanol–water partition coefficient (Wildman–Crippen LogP) is 7.58. The Morgan fingerprint density at radius 3 is 2.15 bits per heavy atom. The van der Waals surface area contributed by atoms with Gasteiger partial charge in [0.2, 0.25) is 0 Å². The van der Waals surface area contributed by atoms with Crippen LogP contribution in [0.5, 0.6) is 0 Å². The van der Waals surface area contributed by atoms with E-state index in [1.54, 1.807) is 0 Å². The number of aryl methyl sites for hydroxylation is 7. The summed E-state index contributed by atoms with van der Waals surface area (Å²) in [5.74, 6) is 0. The zero-order valence-corrected chi connectivity index (χ0v) is 24.6. The van der Waals surface area contributed by atoms with Crippen LogP contribution in [-0.4, -0.2) is 20.3 Å². The number of fused-ring (bicyclic) bond motifs is 4. The molecule has 2 heterocycles. The van der Waals surface area contributed by atoms with Gasteiger partial charge in [0, 0.05) is 49.8 Å². The lowest BCUT2D eigenvalue weighted by molar-refractivity contribution is 0.661. The maximum atomic E-state index is 3.86. The number of hydrogen-bond acceptors (Lipinski definition) is 4. The van der Waals surface area contributed by atoms with Gasteiger partial charge in [-0.2, -0.15) is 0 Å². The van der Waals surface area contributed by atoms with Crippen LogP contribution in [0.25, 0.3) is 0 Å². The van der Waals surface area contributed by atoms with Crippen molar-refractivity contribution >= 4 is 22.7 Å². The second-order valence-corrected chi connectivity index (χ2v) is 11.7. The van der Waals surface area contributed by atoms with Crippen molar-refractivity contribution in [2.75, 3.05) is 34.9 Å². The molecule has 1 atom stereocenters. The van der Waals surface area contributed by atoms with Gasteiger partial charge in [-0.15, -0.1) is 0 Å². The molecule has 0 bridgehead atoms. The highest BCUT2D eigenvalue weighted by atomic mass is 15.3. The highest BCUT2D eigenvalue weighted by Crippen LogP contribution is 2.39. The molecular formula is C36H42N4. The number of rotatable bonds is 8. The van der Waals surface area contributed by atoms with E-state index in [0.717, 1.165) is 38.6 Å². The SMILES string of the molecule is CNc1cc(CCc2cc(NC)c(C)cc2C)cc(CCc2cc3c(cc2C)CN2c4ccccc4CC2N3)c1. The number of benzene rings is 4. The molecule has 4 nitrogen and oxygen atoms in total. The molecule has 0 amide bonds. The van der Waals surface area contributed by atoms with Gasteiger partial charge in [0.05, 0.1) is 0 Å². The number of hydrogen-bond donors (Lipinski definition) is 3. The first-order valence-corrected chi connectivity index (χ1v) is 14.7. The van der Waals surface area contributed by atoms with Gasteiger partial charge in [0.1, 0.15) is 6.17 Å². The number of nitrogens with one attached hydrogen (secondary N) is 3. The Morgan fingerprint density at radius 2 is 1.43 bits per heavy atom. The van der Waals surface area contributed by atoms with Crippen molar-refractivity contribution in [1.82, 2.24) is 0 Å². The minimum absolute atomic E-state index is 0.358. The van der Waals surface area contributed by atoms with Crippen LogP contribution in [0.3, 0.4) is 0 Å². The summed E-state index contributed by atoms with van der Waals surface area (Å²) < 4.78 is 0. The fourth-order valence-corrected chi connectivity index (χ4v) is 6.67. The molecule has 40 heavy (non-hydrogen) atoms. The van der Waals surface area contributed by atoms with Crippen LogP contribution in [0.4, 0.5) is 22.7 Å². The molecule has 0 saturated carbocycles. The molecule has 0 fully saturated rings. The fraction of sp³-hybridized carbons (Fsp3) is 0.333. The quantitative estimate of drug-likeness (QED) is 0.220. The van der Waals surface area contributed by atoms with Gasteiger partial charge in [-0.05, 0) is 127 Å². The monoisotopic (exact) mass is 530 g/mol. The van der Waals surface area contributed by atoms with Gasteiger partial charge < -0.3 is 20.9 Å². The second-order valence-electron chi connectivity index (χ2n) is 11.7. The molecule has 2 aliphatic heterocycles. The minimum Gasteiger partial charge on any atom is -0.388 e. The zero-order valence-electron chi connectivity index (χ0n) is 24.6. The first-order valence-electron chi connectivity index (χ1n) is 14.7. The summed E-state index contributed by atoms with van der Waals surface area (Å²) in [4.78, 5) is 2.53. The van der Waals surface area contributed by atoms with Crippen LogP contribution in [-0.2, 0) is 38.6 Å². The Balaban J connectivity index is 1.16. The van der Waals surface area contributed by atoms with E-state index in [4.69, 9.17) is 0 Å². The van der Waals surface area contributed by atoms with E-state index in [0.29, 0.717) is 6.17 Å². The summed E-state index contributed by atoms with van der Waals surface area (Å²) in [5, 5.41) is 10.6. The molecule has 0 radical (unpaired) electrons.